The second kappa shape index (κ2) is 7.82. The highest BCUT2D eigenvalue weighted by Gasteiger charge is 2.33. The van der Waals surface area contributed by atoms with Crippen LogP contribution in [0.1, 0.15) is 29.7 Å². The Kier molecular flexibility index (Phi) is 5.05. The molecular formula is C22H20N4O4. The van der Waals surface area contributed by atoms with Crippen LogP contribution >= 0.6 is 0 Å². The topological polar surface area (TPSA) is 102 Å². The second-order valence-corrected chi connectivity index (χ2v) is 6.95. The molecule has 0 aliphatic carbocycles. The van der Waals surface area contributed by atoms with Crippen molar-refractivity contribution in [3.8, 4) is 16.9 Å². The minimum absolute atomic E-state index is 0.0434. The molecule has 2 amide bonds. The second-order valence-electron chi connectivity index (χ2n) is 6.95. The standard InChI is InChI=1S/C22H20N4O4/c1-13(27)14-6-5-7-15(10-14)24-22(29)18-11-20(28)25-21-17(12-23-26(18)21)16-8-3-4-9-19(16)30-2/h3-10,12,18H,11H2,1-2H3,(H,24,29)(H,25,28)/t18-/m1/s1. The molecule has 2 heterocycles. The van der Waals surface area contributed by atoms with Crippen molar-refractivity contribution < 1.29 is 19.1 Å². The highest BCUT2D eigenvalue weighted by Crippen LogP contribution is 2.38. The molecule has 0 radical (unpaired) electrons. The zero-order valence-corrected chi connectivity index (χ0v) is 16.5. The number of fused-ring (bicyclic) bond motifs is 1. The Labute approximate surface area is 172 Å². The van der Waals surface area contributed by atoms with Gasteiger partial charge in [-0.1, -0.05) is 30.3 Å². The lowest BCUT2D eigenvalue weighted by Gasteiger charge is -2.24. The van der Waals surface area contributed by atoms with Crippen LogP contribution < -0.4 is 15.4 Å². The number of rotatable bonds is 5. The van der Waals surface area contributed by atoms with E-state index in [0.717, 1.165) is 5.56 Å². The minimum atomic E-state index is -0.821. The molecule has 2 aromatic carbocycles. The van der Waals surface area contributed by atoms with Gasteiger partial charge in [0, 0.05) is 22.4 Å². The maximum atomic E-state index is 13.0. The first-order valence-corrected chi connectivity index (χ1v) is 9.40. The van der Waals surface area contributed by atoms with Crippen LogP contribution in [0.2, 0.25) is 0 Å². The first-order chi connectivity index (χ1) is 14.5. The monoisotopic (exact) mass is 404 g/mol. The van der Waals surface area contributed by atoms with Gasteiger partial charge in [-0.3, -0.25) is 14.4 Å². The summed E-state index contributed by atoms with van der Waals surface area (Å²) in [5.41, 5.74) is 2.40. The summed E-state index contributed by atoms with van der Waals surface area (Å²) in [5.74, 6) is 0.306. The fourth-order valence-electron chi connectivity index (χ4n) is 3.48. The Morgan fingerprint density at radius 2 is 1.97 bits per heavy atom. The summed E-state index contributed by atoms with van der Waals surface area (Å²) < 4.78 is 6.92. The zero-order chi connectivity index (χ0) is 21.3. The summed E-state index contributed by atoms with van der Waals surface area (Å²) >= 11 is 0. The number of carbonyl (C=O) groups is 3. The first kappa shape index (κ1) is 19.4. The van der Waals surface area contributed by atoms with Crippen LogP contribution in [0.5, 0.6) is 5.75 Å². The molecule has 0 fully saturated rings. The number of ether oxygens (including phenoxy) is 1. The van der Waals surface area contributed by atoms with Gasteiger partial charge in [0.2, 0.25) is 11.8 Å². The van der Waals surface area contributed by atoms with Gasteiger partial charge in [-0.15, -0.1) is 0 Å². The van der Waals surface area contributed by atoms with Gasteiger partial charge >= 0.3 is 0 Å². The average molecular weight is 404 g/mol. The van der Waals surface area contributed by atoms with Crippen molar-refractivity contribution in [2.45, 2.75) is 19.4 Å². The Morgan fingerprint density at radius 3 is 2.73 bits per heavy atom. The zero-order valence-electron chi connectivity index (χ0n) is 16.5. The van der Waals surface area contributed by atoms with Gasteiger partial charge < -0.3 is 15.4 Å². The van der Waals surface area contributed by atoms with Crippen LogP contribution in [0.4, 0.5) is 11.5 Å². The summed E-state index contributed by atoms with van der Waals surface area (Å²) in [6.07, 6.45) is 1.56. The smallest absolute Gasteiger partial charge is 0.249 e. The number of para-hydroxylation sites is 1. The van der Waals surface area contributed by atoms with Crippen LogP contribution in [0.25, 0.3) is 11.1 Å². The molecule has 0 saturated heterocycles. The maximum Gasteiger partial charge on any atom is 0.249 e. The lowest BCUT2D eigenvalue weighted by Crippen LogP contribution is -2.35. The molecule has 8 nitrogen and oxygen atoms in total. The molecule has 30 heavy (non-hydrogen) atoms. The van der Waals surface area contributed by atoms with E-state index in [0.29, 0.717) is 28.4 Å². The quantitative estimate of drug-likeness (QED) is 0.636. The molecule has 152 valence electrons. The highest BCUT2D eigenvalue weighted by atomic mass is 16.5. The number of ketones is 1. The van der Waals surface area contributed by atoms with Gasteiger partial charge in [-0.25, -0.2) is 4.68 Å². The molecule has 0 spiro atoms. The highest BCUT2D eigenvalue weighted by molar-refractivity contribution is 6.04. The predicted octanol–water partition coefficient (Wildman–Crippen LogP) is 3.28. The van der Waals surface area contributed by atoms with Crippen molar-refractivity contribution >= 4 is 29.1 Å². The van der Waals surface area contributed by atoms with Crippen molar-refractivity contribution in [1.29, 1.82) is 0 Å². The Hall–Kier alpha value is -3.94. The Morgan fingerprint density at radius 1 is 1.17 bits per heavy atom. The van der Waals surface area contributed by atoms with Crippen molar-refractivity contribution in [2.75, 3.05) is 17.7 Å². The van der Waals surface area contributed by atoms with Gasteiger partial charge in [0.1, 0.15) is 17.6 Å². The van der Waals surface area contributed by atoms with Gasteiger partial charge in [-0.2, -0.15) is 5.10 Å². The van der Waals surface area contributed by atoms with Crippen molar-refractivity contribution in [1.82, 2.24) is 9.78 Å². The van der Waals surface area contributed by atoms with E-state index < -0.39 is 6.04 Å². The fraction of sp³-hybridized carbons (Fsp3) is 0.182. The number of nitrogens with one attached hydrogen (secondary N) is 2. The first-order valence-electron chi connectivity index (χ1n) is 9.40. The summed E-state index contributed by atoms with van der Waals surface area (Å²) in [6, 6.07) is 13.2. The third kappa shape index (κ3) is 3.55. The van der Waals surface area contributed by atoms with E-state index in [1.165, 1.54) is 11.6 Å². The molecule has 1 aliphatic rings. The number of carbonyl (C=O) groups excluding carboxylic acids is 3. The van der Waals surface area contributed by atoms with E-state index in [1.807, 2.05) is 24.3 Å². The summed E-state index contributed by atoms with van der Waals surface area (Å²) in [5, 5.41) is 9.96. The van der Waals surface area contributed by atoms with Gasteiger partial charge in [0.25, 0.3) is 0 Å². The van der Waals surface area contributed by atoms with E-state index in [9.17, 15) is 14.4 Å². The summed E-state index contributed by atoms with van der Waals surface area (Å²) in [7, 11) is 1.57. The number of amides is 2. The van der Waals surface area contributed by atoms with Crippen molar-refractivity contribution in [3.63, 3.8) is 0 Å². The van der Waals surface area contributed by atoms with Gasteiger partial charge in [0.05, 0.1) is 19.7 Å². The predicted molar refractivity (Wildman–Crippen MR) is 112 cm³/mol. The largest absolute Gasteiger partial charge is 0.496 e. The maximum absolute atomic E-state index is 13.0. The van der Waals surface area contributed by atoms with E-state index in [4.69, 9.17) is 4.74 Å². The van der Waals surface area contributed by atoms with E-state index in [2.05, 4.69) is 15.7 Å². The SMILES string of the molecule is COc1ccccc1-c1cnn2c1NC(=O)C[C@@H]2C(=O)Nc1cccc(C(C)=O)c1. The normalized spacial score (nSPS) is 15.1. The fourth-order valence-corrected chi connectivity index (χ4v) is 3.48. The molecule has 0 bridgehead atoms. The average Bonchev–Trinajstić information content (AvgIpc) is 3.16. The molecule has 1 aliphatic heterocycles. The van der Waals surface area contributed by atoms with Crippen molar-refractivity contribution in [3.05, 3.63) is 60.3 Å². The third-order valence-corrected chi connectivity index (χ3v) is 4.96. The number of benzene rings is 2. The molecule has 8 heteroatoms. The lowest BCUT2D eigenvalue weighted by atomic mass is 10.1. The summed E-state index contributed by atoms with van der Waals surface area (Å²) in [6.45, 7) is 1.46. The van der Waals surface area contributed by atoms with Crippen molar-refractivity contribution in [2.24, 2.45) is 0 Å². The number of anilines is 2. The number of methoxy groups -OCH3 is 1. The summed E-state index contributed by atoms with van der Waals surface area (Å²) in [4.78, 5) is 36.9. The number of hydrogen-bond acceptors (Lipinski definition) is 5. The van der Waals surface area contributed by atoms with Crippen LogP contribution in [-0.4, -0.2) is 34.5 Å². The number of Topliss-reactive ketones (excluding diaryl/α,β-unsaturated/α-hetero) is 1. The van der Waals surface area contributed by atoms with Crippen LogP contribution in [0, 0.1) is 0 Å². The van der Waals surface area contributed by atoms with Gasteiger partial charge in [0.15, 0.2) is 5.78 Å². The molecule has 0 saturated carbocycles. The number of hydrogen-bond donors (Lipinski definition) is 2. The van der Waals surface area contributed by atoms with Crippen LogP contribution in [-0.2, 0) is 9.59 Å². The molecule has 4 rings (SSSR count). The third-order valence-electron chi connectivity index (χ3n) is 4.96. The van der Waals surface area contributed by atoms with Crippen LogP contribution in [0.3, 0.4) is 0 Å². The lowest BCUT2D eigenvalue weighted by molar-refractivity contribution is -0.125. The molecule has 1 aromatic heterocycles. The molecule has 0 unspecified atom stereocenters. The number of aromatic nitrogens is 2. The van der Waals surface area contributed by atoms with E-state index >= 15 is 0 Å². The number of nitrogens with zero attached hydrogens (tertiary/aromatic N) is 2. The molecule has 3 aromatic rings. The minimum Gasteiger partial charge on any atom is -0.496 e. The Bertz CT molecular complexity index is 1150. The Balaban J connectivity index is 1.67. The molecule has 2 N–H and O–H groups in total. The van der Waals surface area contributed by atoms with Crippen LogP contribution in [0.15, 0.2) is 54.7 Å². The molecule has 1 atom stereocenters. The van der Waals surface area contributed by atoms with E-state index in [-0.39, 0.29) is 24.0 Å². The molecular weight excluding hydrogens is 384 g/mol. The van der Waals surface area contributed by atoms with Gasteiger partial charge in [-0.05, 0) is 25.1 Å². The van der Waals surface area contributed by atoms with E-state index in [1.54, 1.807) is 37.6 Å².